The Balaban J connectivity index is 0.000000158. The van der Waals surface area contributed by atoms with Crippen molar-refractivity contribution in [1.82, 2.24) is 19.2 Å². The third kappa shape index (κ3) is 6.59. The minimum Gasteiger partial charge on any atom is -0.377 e. The molecule has 2 amide bonds. The number of rotatable bonds is 4. The molecule has 4 aromatic rings. The molecule has 0 aromatic carbocycles. The van der Waals surface area contributed by atoms with Crippen LogP contribution in [0.15, 0.2) is 49.1 Å². The van der Waals surface area contributed by atoms with Crippen LogP contribution in [0.3, 0.4) is 0 Å². The lowest BCUT2D eigenvalue weighted by molar-refractivity contribution is 0.0991. The fraction of sp³-hybridized carbons (Fsp3) is 0.429. The summed E-state index contributed by atoms with van der Waals surface area (Å²) in [6.07, 6.45) is 10.8. The predicted octanol–water partition coefficient (Wildman–Crippen LogP) is 4.44. The molecule has 4 atom stereocenters. The summed E-state index contributed by atoms with van der Waals surface area (Å²) in [4.78, 5) is 22.4. The second-order valence-electron chi connectivity index (χ2n) is 10.9. The summed E-state index contributed by atoms with van der Waals surface area (Å²) in [7, 11) is 0. The average molecular weight is 589 g/mol. The monoisotopic (exact) mass is 588 g/mol. The molecule has 10 nitrogen and oxygen atoms in total. The molecule has 41 heavy (non-hydrogen) atoms. The number of primary amides is 2. The van der Waals surface area contributed by atoms with Gasteiger partial charge in [-0.2, -0.15) is 10.2 Å². The molecule has 4 heterocycles. The van der Waals surface area contributed by atoms with Gasteiger partial charge >= 0.3 is 0 Å². The molecule has 0 unspecified atom stereocenters. The Bertz CT molecular complexity index is 1550. The Morgan fingerprint density at radius 2 is 1.46 bits per heavy atom. The van der Waals surface area contributed by atoms with E-state index in [2.05, 4.69) is 15.5 Å². The molecule has 2 saturated carbocycles. The van der Waals surface area contributed by atoms with Gasteiger partial charge in [0.15, 0.2) is 0 Å². The van der Waals surface area contributed by atoms with E-state index in [1.54, 1.807) is 47.4 Å². The van der Waals surface area contributed by atoms with Crippen LogP contribution in [0.2, 0.25) is 5.02 Å². The van der Waals surface area contributed by atoms with Crippen molar-refractivity contribution >= 4 is 40.1 Å². The lowest BCUT2D eigenvalue weighted by Gasteiger charge is -2.26. The molecule has 2 aliphatic rings. The number of hydrogen-bond donors (Lipinski definition) is 4. The van der Waals surface area contributed by atoms with Crippen molar-refractivity contribution in [2.24, 2.45) is 17.2 Å². The quantitative estimate of drug-likeness (QED) is 0.276. The Kier molecular flexibility index (Phi) is 8.83. The normalized spacial score (nSPS) is 25.3. The topological polar surface area (TPSA) is 159 Å². The summed E-state index contributed by atoms with van der Waals surface area (Å²) in [5.41, 5.74) is 16.1. The number of aromatic nitrogens is 4. The van der Waals surface area contributed by atoms with Crippen molar-refractivity contribution in [2.45, 2.75) is 75.8 Å². The molecule has 0 bridgehead atoms. The number of carbonyl (C=O) groups is 2. The van der Waals surface area contributed by atoms with Gasteiger partial charge in [0.25, 0.3) is 11.8 Å². The molecule has 6 rings (SSSR count). The summed E-state index contributed by atoms with van der Waals surface area (Å²) in [6, 6.07) is 6.68. The number of carbonyl (C=O) groups excluding carboxylic acids is 2. The maximum absolute atomic E-state index is 14.4. The van der Waals surface area contributed by atoms with Crippen LogP contribution >= 0.6 is 11.6 Å². The molecular weight excluding hydrogens is 554 g/mol. The summed E-state index contributed by atoms with van der Waals surface area (Å²) < 4.78 is 30.5. The van der Waals surface area contributed by atoms with Crippen molar-refractivity contribution in [3.8, 4) is 0 Å². The first-order chi connectivity index (χ1) is 19.3. The molecule has 4 aromatic heterocycles. The third-order valence-electron chi connectivity index (χ3n) is 7.75. The first-order valence-corrected chi connectivity index (χ1v) is 13.8. The van der Waals surface area contributed by atoms with Gasteiger partial charge in [0.2, 0.25) is 0 Å². The SMILES string of the molecule is C[C@]1(F)CCC[C@H]1N.C[C@]1(F)CCC[C@H]1Nc1c(C(N)=O)cnn2cccc12.NC(=O)c1cnn2cccc2c1Cl. The first kappa shape index (κ1) is 30.2. The van der Waals surface area contributed by atoms with Gasteiger partial charge in [-0.05, 0) is 76.6 Å². The number of fused-ring (bicyclic) bond motifs is 2. The highest BCUT2D eigenvalue weighted by Crippen LogP contribution is 2.37. The molecule has 0 spiro atoms. The Morgan fingerprint density at radius 3 is 1.95 bits per heavy atom. The van der Waals surface area contributed by atoms with E-state index in [1.807, 2.05) is 12.1 Å². The van der Waals surface area contributed by atoms with Crippen molar-refractivity contribution in [1.29, 1.82) is 0 Å². The lowest BCUT2D eigenvalue weighted by atomic mass is 10.0. The van der Waals surface area contributed by atoms with E-state index >= 15 is 0 Å². The number of amides is 2. The maximum atomic E-state index is 14.4. The number of nitrogens with one attached hydrogen (secondary N) is 1. The van der Waals surface area contributed by atoms with Gasteiger partial charge in [-0.1, -0.05) is 11.6 Å². The summed E-state index contributed by atoms with van der Waals surface area (Å²) in [5.74, 6) is -1.14. The minimum atomic E-state index is -1.28. The third-order valence-corrected chi connectivity index (χ3v) is 8.15. The number of alkyl halides is 2. The van der Waals surface area contributed by atoms with Crippen LogP contribution in [0.4, 0.5) is 14.5 Å². The molecule has 0 saturated heterocycles. The summed E-state index contributed by atoms with van der Waals surface area (Å²) in [6.45, 7) is 3.18. The van der Waals surface area contributed by atoms with E-state index in [9.17, 15) is 18.4 Å². The largest absolute Gasteiger partial charge is 0.377 e. The Hall–Kier alpha value is -3.77. The van der Waals surface area contributed by atoms with E-state index in [0.29, 0.717) is 34.6 Å². The summed E-state index contributed by atoms with van der Waals surface area (Å²) >= 11 is 5.92. The maximum Gasteiger partial charge on any atom is 0.252 e. The fourth-order valence-corrected chi connectivity index (χ4v) is 5.43. The number of anilines is 1. The van der Waals surface area contributed by atoms with Gasteiger partial charge in [0.1, 0.15) is 11.3 Å². The number of halogens is 3. The minimum absolute atomic E-state index is 0.206. The van der Waals surface area contributed by atoms with Crippen LogP contribution < -0.4 is 22.5 Å². The number of nitrogens with two attached hydrogens (primary N) is 3. The van der Waals surface area contributed by atoms with Crippen LogP contribution in [-0.2, 0) is 0 Å². The van der Waals surface area contributed by atoms with Gasteiger partial charge in [0.05, 0.1) is 51.3 Å². The molecule has 0 aliphatic heterocycles. The van der Waals surface area contributed by atoms with E-state index < -0.39 is 23.2 Å². The van der Waals surface area contributed by atoms with Crippen molar-refractivity contribution in [3.63, 3.8) is 0 Å². The van der Waals surface area contributed by atoms with E-state index in [-0.39, 0.29) is 17.6 Å². The van der Waals surface area contributed by atoms with Gasteiger partial charge in [-0.15, -0.1) is 0 Å². The van der Waals surface area contributed by atoms with Crippen LogP contribution in [-0.4, -0.2) is 54.5 Å². The zero-order valence-corrected chi connectivity index (χ0v) is 23.7. The molecule has 220 valence electrons. The van der Waals surface area contributed by atoms with Crippen LogP contribution in [0.25, 0.3) is 11.0 Å². The van der Waals surface area contributed by atoms with Crippen molar-refractivity contribution in [2.75, 3.05) is 5.32 Å². The molecule has 7 N–H and O–H groups in total. The second-order valence-corrected chi connectivity index (χ2v) is 11.2. The Labute approximate surface area is 241 Å². The standard InChI is InChI=1S/C14H17FN4O.C8H6ClN3O.C6H12FN/c1-14(15)6-2-5-11(14)18-12-9(13(16)20)8-17-19-7-3-4-10(12)19;9-7-5(8(10)13)4-11-12-3-1-2-6(7)12;1-6(7)4-2-3-5(6)8/h3-4,7-8,11,18H,2,5-6H2,1H3,(H2,16,20);1-4H,(H2,10,13);5H,2-4,8H2,1H3/t11-,14+;;5-,6+/m1.1/s1. The second kappa shape index (κ2) is 12.0. The van der Waals surface area contributed by atoms with Crippen LogP contribution in [0.1, 0.15) is 73.1 Å². The summed E-state index contributed by atoms with van der Waals surface area (Å²) in [5, 5.41) is 11.6. The van der Waals surface area contributed by atoms with Gasteiger partial charge in [-0.25, -0.2) is 17.8 Å². The molecule has 0 radical (unpaired) electrons. The van der Waals surface area contributed by atoms with Crippen molar-refractivity contribution in [3.05, 3.63) is 65.2 Å². The highest BCUT2D eigenvalue weighted by molar-refractivity contribution is 6.36. The number of hydrogen-bond acceptors (Lipinski definition) is 6. The van der Waals surface area contributed by atoms with Crippen molar-refractivity contribution < 1.29 is 18.4 Å². The lowest BCUT2D eigenvalue weighted by Crippen LogP contribution is -2.36. The molecular formula is C28H35ClF2N8O2. The molecule has 2 fully saturated rings. The Morgan fingerprint density at radius 1 is 0.927 bits per heavy atom. The van der Waals surface area contributed by atoms with E-state index in [4.69, 9.17) is 28.8 Å². The highest BCUT2D eigenvalue weighted by atomic mass is 35.5. The zero-order chi connectivity index (χ0) is 29.9. The van der Waals surface area contributed by atoms with Gasteiger partial charge < -0.3 is 22.5 Å². The van der Waals surface area contributed by atoms with E-state index in [1.165, 1.54) is 12.4 Å². The average Bonchev–Trinajstić information content (AvgIpc) is 3.69. The van der Waals surface area contributed by atoms with Crippen LogP contribution in [0, 0.1) is 0 Å². The molecule has 2 aliphatic carbocycles. The smallest absolute Gasteiger partial charge is 0.252 e. The van der Waals surface area contributed by atoms with Gasteiger partial charge in [-0.3, -0.25) is 9.59 Å². The van der Waals surface area contributed by atoms with E-state index in [0.717, 1.165) is 31.2 Å². The number of nitrogens with zero attached hydrogens (tertiary/aromatic N) is 4. The fourth-order valence-electron chi connectivity index (χ4n) is 5.14. The first-order valence-electron chi connectivity index (χ1n) is 13.4. The van der Waals surface area contributed by atoms with Gasteiger partial charge in [0, 0.05) is 18.4 Å². The highest BCUT2D eigenvalue weighted by Gasteiger charge is 2.39. The van der Waals surface area contributed by atoms with Crippen LogP contribution in [0.5, 0.6) is 0 Å². The predicted molar refractivity (Wildman–Crippen MR) is 155 cm³/mol. The molecule has 13 heteroatoms. The zero-order valence-electron chi connectivity index (χ0n) is 23.0.